The van der Waals surface area contributed by atoms with Gasteiger partial charge in [-0.1, -0.05) is 0 Å². The third-order valence-electron chi connectivity index (χ3n) is 5.08. The van der Waals surface area contributed by atoms with Crippen molar-refractivity contribution in [3.05, 3.63) is 53.6 Å². The Morgan fingerprint density at radius 3 is 2.17 bits per heavy atom. The molecule has 1 fully saturated rings. The Labute approximate surface area is 173 Å². The molecule has 0 bridgehead atoms. The van der Waals surface area contributed by atoms with Gasteiger partial charge in [0, 0.05) is 18.7 Å². The Morgan fingerprint density at radius 2 is 1.63 bits per heavy atom. The van der Waals surface area contributed by atoms with Crippen LogP contribution in [-0.4, -0.2) is 32.7 Å². The number of alkyl halides is 3. The monoisotopic (exact) mass is 440 g/mol. The van der Waals surface area contributed by atoms with Crippen LogP contribution in [0.25, 0.3) is 0 Å². The Kier molecular flexibility index (Phi) is 6.12. The summed E-state index contributed by atoms with van der Waals surface area (Å²) in [7, 11) is -3.48. The molecule has 0 atom stereocenters. The van der Waals surface area contributed by atoms with Crippen molar-refractivity contribution in [2.75, 3.05) is 23.3 Å². The van der Waals surface area contributed by atoms with Crippen LogP contribution in [0.4, 0.5) is 24.5 Å². The van der Waals surface area contributed by atoms with Crippen molar-refractivity contribution in [2.45, 2.75) is 43.0 Å². The topological polar surface area (TPSA) is 66.5 Å². The highest BCUT2D eigenvalue weighted by atomic mass is 32.2. The quantitative estimate of drug-likeness (QED) is 0.729. The predicted octanol–water partition coefficient (Wildman–Crippen LogP) is 4.74. The molecule has 0 aromatic heterocycles. The summed E-state index contributed by atoms with van der Waals surface area (Å²) in [5, 5.41) is 1.96. The van der Waals surface area contributed by atoms with Crippen LogP contribution < -0.4 is 10.2 Å². The van der Waals surface area contributed by atoms with Gasteiger partial charge in [-0.3, -0.25) is 4.79 Å². The second-order valence-electron chi connectivity index (χ2n) is 7.50. The van der Waals surface area contributed by atoms with Gasteiger partial charge in [0.1, 0.15) is 0 Å². The van der Waals surface area contributed by atoms with Gasteiger partial charge in [-0.25, -0.2) is 8.42 Å². The highest BCUT2D eigenvalue weighted by Crippen LogP contribution is 2.36. The molecular weight excluding hydrogens is 417 g/mol. The molecule has 0 spiro atoms. The molecule has 1 aliphatic heterocycles. The summed E-state index contributed by atoms with van der Waals surface area (Å²) >= 11 is 0. The van der Waals surface area contributed by atoms with Crippen molar-refractivity contribution >= 4 is 27.1 Å². The Morgan fingerprint density at radius 1 is 1.03 bits per heavy atom. The normalized spacial score (nSPS) is 14.9. The molecule has 162 valence electrons. The van der Waals surface area contributed by atoms with Crippen LogP contribution in [0.15, 0.2) is 47.4 Å². The van der Waals surface area contributed by atoms with Crippen molar-refractivity contribution in [1.82, 2.24) is 0 Å². The Hall–Kier alpha value is -2.55. The molecule has 9 heteroatoms. The van der Waals surface area contributed by atoms with E-state index in [1.807, 2.05) is 4.90 Å². The highest BCUT2D eigenvalue weighted by molar-refractivity contribution is 7.92. The molecule has 3 rings (SSSR count). The third-order valence-corrected chi connectivity index (χ3v) is 7.25. The van der Waals surface area contributed by atoms with E-state index in [1.165, 1.54) is 30.3 Å². The summed E-state index contributed by atoms with van der Waals surface area (Å²) in [4.78, 5) is 14.7. The number of benzene rings is 2. The smallest absolute Gasteiger partial charge is 0.370 e. The number of halogens is 3. The van der Waals surface area contributed by atoms with Gasteiger partial charge in [0.2, 0.25) is 0 Å². The van der Waals surface area contributed by atoms with E-state index < -0.39 is 32.7 Å². The van der Waals surface area contributed by atoms with E-state index in [1.54, 1.807) is 13.8 Å². The van der Waals surface area contributed by atoms with Gasteiger partial charge in [0.15, 0.2) is 9.84 Å². The SMILES string of the molecule is CC(C)S(=O)(=O)c1ccc(C(=O)Nc2cc(C(F)(F)F)ccc2N2CCCC2)cc1. The predicted molar refractivity (Wildman–Crippen MR) is 110 cm³/mol. The first kappa shape index (κ1) is 22.1. The fourth-order valence-corrected chi connectivity index (χ4v) is 4.37. The lowest BCUT2D eigenvalue weighted by Gasteiger charge is -2.23. The van der Waals surface area contributed by atoms with Crippen molar-refractivity contribution in [2.24, 2.45) is 0 Å². The van der Waals surface area contributed by atoms with Gasteiger partial charge in [0.05, 0.1) is 27.1 Å². The number of anilines is 2. The zero-order chi connectivity index (χ0) is 22.1. The highest BCUT2D eigenvalue weighted by Gasteiger charge is 2.32. The maximum Gasteiger partial charge on any atom is 0.416 e. The minimum Gasteiger partial charge on any atom is -0.370 e. The zero-order valence-electron chi connectivity index (χ0n) is 16.7. The Bertz CT molecular complexity index is 1030. The van der Waals surface area contributed by atoms with Gasteiger partial charge in [-0.15, -0.1) is 0 Å². The summed E-state index contributed by atoms with van der Waals surface area (Å²) in [6, 6.07) is 8.69. The standard InChI is InChI=1S/C21H23F3N2O3S/c1-14(2)30(28,29)17-8-5-15(6-9-17)20(27)25-18-13-16(21(22,23)24)7-10-19(18)26-11-3-4-12-26/h5-10,13-14H,3-4,11-12H2,1-2H3,(H,25,27). The molecule has 1 aliphatic rings. The van der Waals surface area contributed by atoms with Crippen molar-refractivity contribution in [3.63, 3.8) is 0 Å². The molecule has 2 aromatic carbocycles. The fourth-order valence-electron chi connectivity index (χ4n) is 3.31. The molecule has 1 saturated heterocycles. The van der Waals surface area contributed by atoms with Crippen LogP contribution in [0.1, 0.15) is 42.6 Å². The molecular formula is C21H23F3N2O3S. The molecule has 0 unspecified atom stereocenters. The average Bonchev–Trinajstić information content (AvgIpc) is 3.21. The lowest BCUT2D eigenvalue weighted by Crippen LogP contribution is -2.22. The number of carbonyl (C=O) groups excluding carboxylic acids is 1. The number of nitrogens with one attached hydrogen (secondary N) is 1. The average molecular weight is 440 g/mol. The van der Waals surface area contributed by atoms with Gasteiger partial charge in [0.25, 0.3) is 5.91 Å². The number of hydrogen-bond donors (Lipinski definition) is 1. The summed E-state index contributed by atoms with van der Waals surface area (Å²) in [5.74, 6) is -0.608. The number of amides is 1. The minimum absolute atomic E-state index is 0.0793. The first-order valence-corrected chi connectivity index (χ1v) is 11.2. The zero-order valence-corrected chi connectivity index (χ0v) is 17.5. The molecule has 5 nitrogen and oxygen atoms in total. The van der Waals surface area contributed by atoms with Crippen LogP contribution in [0.3, 0.4) is 0 Å². The molecule has 2 aromatic rings. The number of sulfone groups is 1. The number of carbonyl (C=O) groups is 1. The summed E-state index contributed by atoms with van der Waals surface area (Å²) < 4.78 is 64.0. The molecule has 1 N–H and O–H groups in total. The van der Waals surface area contributed by atoms with E-state index in [4.69, 9.17) is 0 Å². The molecule has 0 radical (unpaired) electrons. The number of nitrogens with zero attached hydrogens (tertiary/aromatic N) is 1. The van der Waals surface area contributed by atoms with Crippen molar-refractivity contribution in [1.29, 1.82) is 0 Å². The van der Waals surface area contributed by atoms with Gasteiger partial charge >= 0.3 is 6.18 Å². The van der Waals surface area contributed by atoms with E-state index in [9.17, 15) is 26.4 Å². The van der Waals surface area contributed by atoms with Crippen molar-refractivity contribution in [3.8, 4) is 0 Å². The van der Waals surface area contributed by atoms with Crippen LogP contribution in [-0.2, 0) is 16.0 Å². The fraction of sp³-hybridized carbons (Fsp3) is 0.381. The van der Waals surface area contributed by atoms with Crippen LogP contribution >= 0.6 is 0 Å². The second kappa shape index (κ2) is 8.29. The molecule has 0 aliphatic carbocycles. The number of rotatable bonds is 5. The van der Waals surface area contributed by atoms with Gasteiger partial charge in [-0.05, 0) is 69.2 Å². The molecule has 1 amide bonds. The number of hydrogen-bond acceptors (Lipinski definition) is 4. The summed E-state index contributed by atoms with van der Waals surface area (Å²) in [5.41, 5.74) is -0.0786. The van der Waals surface area contributed by atoms with Crippen LogP contribution in [0.5, 0.6) is 0 Å². The van der Waals surface area contributed by atoms with E-state index in [2.05, 4.69) is 5.32 Å². The second-order valence-corrected chi connectivity index (χ2v) is 10.0. The Balaban J connectivity index is 1.90. The van der Waals surface area contributed by atoms with E-state index in [0.717, 1.165) is 25.0 Å². The van der Waals surface area contributed by atoms with Crippen LogP contribution in [0.2, 0.25) is 0 Å². The molecule has 1 heterocycles. The maximum atomic E-state index is 13.2. The van der Waals surface area contributed by atoms with E-state index >= 15 is 0 Å². The third kappa shape index (κ3) is 4.61. The summed E-state index contributed by atoms with van der Waals surface area (Å²) in [6.45, 7) is 4.53. The largest absolute Gasteiger partial charge is 0.416 e. The van der Waals surface area contributed by atoms with Crippen molar-refractivity contribution < 1.29 is 26.4 Å². The van der Waals surface area contributed by atoms with Gasteiger partial charge < -0.3 is 10.2 Å². The molecule has 0 saturated carbocycles. The lowest BCUT2D eigenvalue weighted by atomic mass is 10.1. The molecule has 30 heavy (non-hydrogen) atoms. The van der Waals surface area contributed by atoms with E-state index in [0.29, 0.717) is 18.8 Å². The van der Waals surface area contributed by atoms with E-state index in [-0.39, 0.29) is 16.1 Å². The maximum absolute atomic E-state index is 13.2. The van der Waals surface area contributed by atoms with Gasteiger partial charge in [-0.2, -0.15) is 13.2 Å². The first-order chi connectivity index (χ1) is 14.0. The first-order valence-electron chi connectivity index (χ1n) is 9.61. The lowest BCUT2D eigenvalue weighted by molar-refractivity contribution is -0.137. The van der Waals surface area contributed by atoms with Crippen LogP contribution in [0, 0.1) is 0 Å². The summed E-state index contributed by atoms with van der Waals surface area (Å²) in [6.07, 6.45) is -2.67. The minimum atomic E-state index is -4.53.